The maximum absolute atomic E-state index is 11.5. The first-order valence-electron chi connectivity index (χ1n) is 5.93. The smallest absolute Gasteiger partial charge is 0.339 e. The molecule has 0 fully saturated rings. The molecule has 20 heavy (non-hydrogen) atoms. The van der Waals surface area contributed by atoms with Crippen molar-refractivity contribution >= 4 is 17.9 Å². The Labute approximate surface area is 115 Å². The third-order valence-corrected chi connectivity index (χ3v) is 2.13. The van der Waals surface area contributed by atoms with Gasteiger partial charge in [-0.2, -0.15) is 0 Å². The summed E-state index contributed by atoms with van der Waals surface area (Å²) in [6.45, 7) is 2.11. The maximum Gasteiger partial charge on any atom is 0.339 e. The van der Waals surface area contributed by atoms with Crippen LogP contribution in [-0.4, -0.2) is 29.6 Å². The molecule has 0 bridgehead atoms. The number of carboxylic acids is 1. The average molecular weight is 278 g/mol. The van der Waals surface area contributed by atoms with Crippen LogP contribution in [0.1, 0.15) is 23.7 Å². The molecule has 0 amide bonds. The van der Waals surface area contributed by atoms with Gasteiger partial charge >= 0.3 is 17.9 Å². The van der Waals surface area contributed by atoms with Gasteiger partial charge in [-0.1, -0.05) is 19.1 Å². The van der Waals surface area contributed by atoms with Gasteiger partial charge in [0.15, 0.2) is 0 Å². The molecule has 0 atom stereocenters. The Morgan fingerprint density at radius 2 is 1.80 bits per heavy atom. The number of para-hydroxylation sites is 1. The summed E-state index contributed by atoms with van der Waals surface area (Å²) in [5.74, 6) is -2.81. The minimum absolute atomic E-state index is 0.0865. The van der Waals surface area contributed by atoms with Crippen LogP contribution in [0.15, 0.2) is 36.4 Å². The van der Waals surface area contributed by atoms with E-state index in [0.29, 0.717) is 6.42 Å². The van der Waals surface area contributed by atoms with Crippen LogP contribution in [0.4, 0.5) is 0 Å². The standard InChI is InChI=1S/C14H14O6/c1-2-9-19-12(15)7-8-13(16)20-11-6-4-3-5-10(11)14(17)18/h3-8H,2,9H2,1H3,(H,17,18)/b8-7+. The molecule has 106 valence electrons. The van der Waals surface area contributed by atoms with Gasteiger partial charge in [0.1, 0.15) is 11.3 Å². The molecule has 1 aromatic carbocycles. The molecule has 0 heterocycles. The number of carbonyl (C=O) groups excluding carboxylic acids is 2. The molecule has 0 aliphatic heterocycles. The van der Waals surface area contributed by atoms with E-state index in [2.05, 4.69) is 0 Å². The lowest BCUT2D eigenvalue weighted by molar-refractivity contribution is -0.138. The molecule has 0 unspecified atom stereocenters. The highest BCUT2D eigenvalue weighted by molar-refractivity contribution is 5.95. The van der Waals surface area contributed by atoms with E-state index in [4.69, 9.17) is 14.6 Å². The zero-order chi connectivity index (χ0) is 15.0. The SMILES string of the molecule is CCCOC(=O)/C=C/C(=O)Oc1ccccc1C(=O)O. The third kappa shape index (κ3) is 4.93. The zero-order valence-electron chi connectivity index (χ0n) is 10.9. The minimum Gasteiger partial charge on any atom is -0.478 e. The summed E-state index contributed by atoms with van der Waals surface area (Å²) in [6, 6.07) is 5.71. The molecule has 1 aromatic rings. The molecule has 0 aromatic heterocycles. The topological polar surface area (TPSA) is 89.9 Å². The van der Waals surface area contributed by atoms with E-state index in [1.54, 1.807) is 0 Å². The van der Waals surface area contributed by atoms with Crippen molar-refractivity contribution < 1.29 is 29.0 Å². The number of rotatable bonds is 6. The van der Waals surface area contributed by atoms with E-state index in [1.165, 1.54) is 24.3 Å². The van der Waals surface area contributed by atoms with E-state index >= 15 is 0 Å². The fraction of sp³-hybridized carbons (Fsp3) is 0.214. The molecule has 6 heteroatoms. The molecular formula is C14H14O6. The molecule has 0 aliphatic carbocycles. The number of carboxylic acid groups (broad SMARTS) is 1. The Kier molecular flexibility index (Phi) is 5.96. The number of hydrogen-bond acceptors (Lipinski definition) is 5. The molecule has 0 spiro atoms. The lowest BCUT2D eigenvalue weighted by Gasteiger charge is -2.04. The minimum atomic E-state index is -1.21. The van der Waals surface area contributed by atoms with Crippen molar-refractivity contribution in [2.45, 2.75) is 13.3 Å². The van der Waals surface area contributed by atoms with Crippen molar-refractivity contribution in [2.24, 2.45) is 0 Å². The summed E-state index contributed by atoms with van der Waals surface area (Å²) in [7, 11) is 0. The van der Waals surface area contributed by atoms with E-state index in [-0.39, 0.29) is 17.9 Å². The van der Waals surface area contributed by atoms with Crippen LogP contribution in [0.5, 0.6) is 5.75 Å². The van der Waals surface area contributed by atoms with Crippen molar-refractivity contribution in [3.8, 4) is 5.75 Å². The fourth-order valence-corrected chi connectivity index (χ4v) is 1.26. The molecule has 1 rings (SSSR count). The summed E-state index contributed by atoms with van der Waals surface area (Å²) in [5.41, 5.74) is -0.136. The van der Waals surface area contributed by atoms with Gasteiger partial charge in [0, 0.05) is 12.2 Å². The second kappa shape index (κ2) is 7.73. The van der Waals surface area contributed by atoms with E-state index in [1.807, 2.05) is 6.92 Å². The van der Waals surface area contributed by atoms with Crippen LogP contribution in [0.2, 0.25) is 0 Å². The third-order valence-electron chi connectivity index (χ3n) is 2.13. The molecule has 0 radical (unpaired) electrons. The molecular weight excluding hydrogens is 264 g/mol. The predicted molar refractivity (Wildman–Crippen MR) is 69.4 cm³/mol. The van der Waals surface area contributed by atoms with Crippen molar-refractivity contribution in [3.63, 3.8) is 0 Å². The number of aromatic carboxylic acids is 1. The Balaban J connectivity index is 2.65. The quantitative estimate of drug-likeness (QED) is 0.485. The van der Waals surface area contributed by atoms with Crippen LogP contribution in [-0.2, 0) is 14.3 Å². The summed E-state index contributed by atoms with van der Waals surface area (Å²) in [4.78, 5) is 33.5. The van der Waals surface area contributed by atoms with E-state index < -0.39 is 17.9 Å². The molecule has 0 saturated heterocycles. The fourth-order valence-electron chi connectivity index (χ4n) is 1.26. The van der Waals surface area contributed by atoms with E-state index in [0.717, 1.165) is 12.2 Å². The maximum atomic E-state index is 11.5. The predicted octanol–water partition coefficient (Wildman–Crippen LogP) is 1.80. The largest absolute Gasteiger partial charge is 0.478 e. The Hall–Kier alpha value is -2.63. The highest BCUT2D eigenvalue weighted by Crippen LogP contribution is 2.17. The van der Waals surface area contributed by atoms with Gasteiger partial charge in [-0.15, -0.1) is 0 Å². The average Bonchev–Trinajstić information content (AvgIpc) is 2.43. The normalized spacial score (nSPS) is 10.2. The van der Waals surface area contributed by atoms with Gasteiger partial charge in [-0.3, -0.25) is 0 Å². The number of benzene rings is 1. The highest BCUT2D eigenvalue weighted by atomic mass is 16.5. The molecule has 1 N–H and O–H groups in total. The second-order valence-corrected chi connectivity index (χ2v) is 3.72. The molecule has 0 saturated carbocycles. The van der Waals surface area contributed by atoms with Crippen LogP contribution in [0, 0.1) is 0 Å². The Bertz CT molecular complexity index is 532. The van der Waals surface area contributed by atoms with Gasteiger partial charge in [-0.05, 0) is 18.6 Å². The zero-order valence-corrected chi connectivity index (χ0v) is 10.9. The first-order chi connectivity index (χ1) is 9.54. The summed E-state index contributed by atoms with van der Waals surface area (Å²) < 4.78 is 9.57. The van der Waals surface area contributed by atoms with Gasteiger partial charge in [0.25, 0.3) is 0 Å². The lowest BCUT2D eigenvalue weighted by Crippen LogP contribution is -2.09. The van der Waals surface area contributed by atoms with Crippen LogP contribution < -0.4 is 4.74 Å². The van der Waals surface area contributed by atoms with Crippen molar-refractivity contribution in [1.82, 2.24) is 0 Å². The first-order valence-corrected chi connectivity index (χ1v) is 5.93. The highest BCUT2D eigenvalue weighted by Gasteiger charge is 2.12. The number of hydrogen-bond donors (Lipinski definition) is 1. The van der Waals surface area contributed by atoms with Crippen LogP contribution in [0.25, 0.3) is 0 Å². The number of esters is 2. The first kappa shape index (κ1) is 15.4. The Morgan fingerprint density at radius 3 is 2.45 bits per heavy atom. The Morgan fingerprint density at radius 1 is 1.15 bits per heavy atom. The van der Waals surface area contributed by atoms with Gasteiger partial charge in [-0.25, -0.2) is 14.4 Å². The van der Waals surface area contributed by atoms with Crippen LogP contribution >= 0.6 is 0 Å². The number of ether oxygens (including phenoxy) is 2. The molecule has 6 nitrogen and oxygen atoms in total. The van der Waals surface area contributed by atoms with Crippen LogP contribution in [0.3, 0.4) is 0 Å². The summed E-state index contributed by atoms with van der Waals surface area (Å²) in [6.07, 6.45) is 2.49. The number of carbonyl (C=O) groups is 3. The van der Waals surface area contributed by atoms with Gasteiger partial charge < -0.3 is 14.6 Å². The van der Waals surface area contributed by atoms with E-state index in [9.17, 15) is 14.4 Å². The lowest BCUT2D eigenvalue weighted by atomic mass is 10.2. The monoisotopic (exact) mass is 278 g/mol. The van der Waals surface area contributed by atoms with Crippen molar-refractivity contribution in [3.05, 3.63) is 42.0 Å². The van der Waals surface area contributed by atoms with Gasteiger partial charge in [0.2, 0.25) is 0 Å². The van der Waals surface area contributed by atoms with Crippen molar-refractivity contribution in [2.75, 3.05) is 6.61 Å². The molecule has 0 aliphatic rings. The summed E-state index contributed by atoms with van der Waals surface area (Å²) >= 11 is 0. The second-order valence-electron chi connectivity index (χ2n) is 3.72. The van der Waals surface area contributed by atoms with Gasteiger partial charge in [0.05, 0.1) is 6.61 Å². The summed E-state index contributed by atoms with van der Waals surface area (Å²) in [5, 5.41) is 8.91. The van der Waals surface area contributed by atoms with Crippen molar-refractivity contribution in [1.29, 1.82) is 0 Å².